The molecule has 1 heterocycles. The number of rotatable bonds is 4. The Bertz CT molecular complexity index is 157. The molecule has 0 saturated carbocycles. The molecule has 0 aromatic carbocycles. The number of carbonyl (C=O) groups excluding carboxylic acids is 1. The lowest BCUT2D eigenvalue weighted by Crippen LogP contribution is -2.53. The van der Waals surface area contributed by atoms with Crippen LogP contribution in [0.3, 0.4) is 0 Å². The molecule has 0 bridgehead atoms. The summed E-state index contributed by atoms with van der Waals surface area (Å²) in [6.45, 7) is 3.27. The van der Waals surface area contributed by atoms with Crippen molar-refractivity contribution in [3.05, 3.63) is 0 Å². The summed E-state index contributed by atoms with van der Waals surface area (Å²) in [6, 6.07) is -0.156. The summed E-state index contributed by atoms with van der Waals surface area (Å²) < 4.78 is 4.92. The SMILES string of the molecule is CCC[C@@H](N)C(=O)NC1COC1. The quantitative estimate of drug-likeness (QED) is 0.608. The van der Waals surface area contributed by atoms with E-state index >= 15 is 0 Å². The van der Waals surface area contributed by atoms with Crippen molar-refractivity contribution in [2.45, 2.75) is 31.8 Å². The molecule has 1 saturated heterocycles. The molecule has 1 fully saturated rings. The number of amides is 1. The van der Waals surface area contributed by atoms with E-state index in [0.29, 0.717) is 13.2 Å². The van der Waals surface area contributed by atoms with Gasteiger partial charge in [-0.15, -0.1) is 0 Å². The number of carbonyl (C=O) groups is 1. The van der Waals surface area contributed by atoms with E-state index in [2.05, 4.69) is 5.32 Å². The van der Waals surface area contributed by atoms with Crippen LogP contribution in [0.2, 0.25) is 0 Å². The lowest BCUT2D eigenvalue weighted by Gasteiger charge is -2.27. The number of nitrogens with two attached hydrogens (primary N) is 1. The van der Waals surface area contributed by atoms with Crippen LogP contribution in [-0.2, 0) is 9.53 Å². The molecule has 0 aliphatic carbocycles. The lowest BCUT2D eigenvalue weighted by molar-refractivity contribution is -0.126. The smallest absolute Gasteiger partial charge is 0.237 e. The average Bonchev–Trinajstić information content (AvgIpc) is 1.97. The Kier molecular flexibility index (Phi) is 3.49. The van der Waals surface area contributed by atoms with Gasteiger partial charge in [0.05, 0.1) is 25.3 Å². The molecule has 1 amide bonds. The number of hydrogen-bond acceptors (Lipinski definition) is 3. The van der Waals surface area contributed by atoms with E-state index in [-0.39, 0.29) is 18.0 Å². The molecule has 70 valence electrons. The molecule has 12 heavy (non-hydrogen) atoms. The first-order valence-corrected chi connectivity index (χ1v) is 4.37. The van der Waals surface area contributed by atoms with Gasteiger partial charge in [0, 0.05) is 0 Å². The van der Waals surface area contributed by atoms with Gasteiger partial charge in [-0.3, -0.25) is 4.79 Å². The standard InChI is InChI=1S/C8H16N2O2/c1-2-3-7(9)8(11)10-6-4-12-5-6/h6-7H,2-5,9H2,1H3,(H,10,11)/t7-/m1/s1. The lowest BCUT2D eigenvalue weighted by atomic mass is 10.1. The topological polar surface area (TPSA) is 64.4 Å². The highest BCUT2D eigenvalue weighted by molar-refractivity contribution is 5.81. The third-order valence-electron chi connectivity index (χ3n) is 1.92. The van der Waals surface area contributed by atoms with E-state index < -0.39 is 0 Å². The second-order valence-electron chi connectivity index (χ2n) is 3.14. The zero-order chi connectivity index (χ0) is 8.97. The maximum Gasteiger partial charge on any atom is 0.237 e. The first-order valence-electron chi connectivity index (χ1n) is 4.37. The van der Waals surface area contributed by atoms with Gasteiger partial charge in [-0.05, 0) is 6.42 Å². The van der Waals surface area contributed by atoms with Crippen molar-refractivity contribution < 1.29 is 9.53 Å². The van der Waals surface area contributed by atoms with E-state index in [1.807, 2.05) is 6.92 Å². The number of ether oxygens (including phenoxy) is 1. The summed E-state index contributed by atoms with van der Waals surface area (Å²) in [5.74, 6) is -0.0508. The van der Waals surface area contributed by atoms with Gasteiger partial charge >= 0.3 is 0 Å². The maximum absolute atomic E-state index is 11.2. The molecule has 4 nitrogen and oxygen atoms in total. The molecule has 1 aliphatic heterocycles. The van der Waals surface area contributed by atoms with Gasteiger partial charge in [0.25, 0.3) is 0 Å². The Labute approximate surface area is 72.5 Å². The van der Waals surface area contributed by atoms with Crippen LogP contribution in [-0.4, -0.2) is 31.2 Å². The zero-order valence-corrected chi connectivity index (χ0v) is 7.38. The second kappa shape index (κ2) is 4.42. The molecular formula is C8H16N2O2. The fourth-order valence-corrected chi connectivity index (χ4v) is 1.07. The number of nitrogens with one attached hydrogen (secondary N) is 1. The van der Waals surface area contributed by atoms with Crippen molar-refractivity contribution >= 4 is 5.91 Å². The minimum atomic E-state index is -0.351. The molecule has 0 unspecified atom stereocenters. The summed E-state index contributed by atoms with van der Waals surface area (Å²) in [5.41, 5.74) is 5.60. The minimum absolute atomic E-state index is 0.0508. The van der Waals surface area contributed by atoms with Crippen molar-refractivity contribution in [3.63, 3.8) is 0 Å². The highest BCUT2D eigenvalue weighted by atomic mass is 16.5. The Hall–Kier alpha value is -0.610. The first-order chi connectivity index (χ1) is 5.74. The molecule has 1 atom stereocenters. The minimum Gasteiger partial charge on any atom is -0.377 e. The largest absolute Gasteiger partial charge is 0.377 e. The van der Waals surface area contributed by atoms with E-state index in [0.717, 1.165) is 12.8 Å². The van der Waals surface area contributed by atoms with Crippen LogP contribution in [0.15, 0.2) is 0 Å². The van der Waals surface area contributed by atoms with Gasteiger partial charge in [-0.2, -0.15) is 0 Å². The van der Waals surface area contributed by atoms with Crippen LogP contribution >= 0.6 is 0 Å². The van der Waals surface area contributed by atoms with E-state index in [4.69, 9.17) is 10.5 Å². The predicted molar refractivity (Wildman–Crippen MR) is 45.6 cm³/mol. The summed E-state index contributed by atoms with van der Waals surface area (Å²) in [7, 11) is 0. The van der Waals surface area contributed by atoms with Crippen LogP contribution < -0.4 is 11.1 Å². The predicted octanol–water partition coefficient (Wildman–Crippen LogP) is -0.371. The molecule has 0 spiro atoms. The van der Waals surface area contributed by atoms with Crippen molar-refractivity contribution in [2.24, 2.45) is 5.73 Å². The fourth-order valence-electron chi connectivity index (χ4n) is 1.07. The van der Waals surface area contributed by atoms with E-state index in [1.54, 1.807) is 0 Å². The molecule has 4 heteroatoms. The number of hydrogen-bond donors (Lipinski definition) is 2. The Morgan fingerprint density at radius 2 is 2.42 bits per heavy atom. The Morgan fingerprint density at radius 3 is 2.83 bits per heavy atom. The monoisotopic (exact) mass is 172 g/mol. The summed E-state index contributed by atoms with van der Waals surface area (Å²) in [6.07, 6.45) is 1.69. The summed E-state index contributed by atoms with van der Waals surface area (Å²) in [4.78, 5) is 11.2. The summed E-state index contributed by atoms with van der Waals surface area (Å²) >= 11 is 0. The Balaban J connectivity index is 2.16. The maximum atomic E-state index is 11.2. The van der Waals surface area contributed by atoms with Gasteiger partial charge in [0.2, 0.25) is 5.91 Å². The van der Waals surface area contributed by atoms with Crippen LogP contribution in [0.25, 0.3) is 0 Å². The van der Waals surface area contributed by atoms with Crippen LogP contribution in [0.1, 0.15) is 19.8 Å². The highest BCUT2D eigenvalue weighted by Gasteiger charge is 2.22. The van der Waals surface area contributed by atoms with Crippen LogP contribution in [0.5, 0.6) is 0 Å². The van der Waals surface area contributed by atoms with Crippen molar-refractivity contribution in [3.8, 4) is 0 Å². The average molecular weight is 172 g/mol. The molecule has 1 aliphatic rings. The zero-order valence-electron chi connectivity index (χ0n) is 7.38. The van der Waals surface area contributed by atoms with Gasteiger partial charge in [-0.25, -0.2) is 0 Å². The summed E-state index contributed by atoms with van der Waals surface area (Å²) in [5, 5.41) is 2.81. The molecule has 3 N–H and O–H groups in total. The van der Waals surface area contributed by atoms with Crippen LogP contribution in [0.4, 0.5) is 0 Å². The van der Waals surface area contributed by atoms with E-state index in [9.17, 15) is 4.79 Å². The Morgan fingerprint density at radius 1 is 1.75 bits per heavy atom. The van der Waals surface area contributed by atoms with E-state index in [1.165, 1.54) is 0 Å². The molecule has 1 rings (SSSR count). The van der Waals surface area contributed by atoms with Gasteiger partial charge in [0.1, 0.15) is 0 Å². The van der Waals surface area contributed by atoms with Gasteiger partial charge < -0.3 is 15.8 Å². The van der Waals surface area contributed by atoms with Crippen molar-refractivity contribution in [2.75, 3.05) is 13.2 Å². The normalized spacial score (nSPS) is 19.8. The molecule has 0 radical (unpaired) electrons. The third kappa shape index (κ3) is 2.46. The van der Waals surface area contributed by atoms with Crippen LogP contribution in [0, 0.1) is 0 Å². The van der Waals surface area contributed by atoms with Gasteiger partial charge in [0.15, 0.2) is 0 Å². The highest BCUT2D eigenvalue weighted by Crippen LogP contribution is 2.01. The second-order valence-corrected chi connectivity index (χ2v) is 3.14. The van der Waals surface area contributed by atoms with Crippen molar-refractivity contribution in [1.29, 1.82) is 0 Å². The van der Waals surface area contributed by atoms with Crippen molar-refractivity contribution in [1.82, 2.24) is 5.32 Å². The molecule has 0 aromatic rings. The fraction of sp³-hybridized carbons (Fsp3) is 0.875. The molecule has 0 aromatic heterocycles. The third-order valence-corrected chi connectivity index (χ3v) is 1.92. The molecular weight excluding hydrogens is 156 g/mol. The first kappa shape index (κ1) is 9.48. The van der Waals surface area contributed by atoms with Gasteiger partial charge in [-0.1, -0.05) is 13.3 Å².